The maximum atomic E-state index is 6.04. The molecule has 1 aromatic carbocycles. The molecule has 0 amide bonds. The zero-order valence-corrected chi connectivity index (χ0v) is 13.5. The molecule has 4 nitrogen and oxygen atoms in total. The third kappa shape index (κ3) is 2.87. The van der Waals surface area contributed by atoms with E-state index >= 15 is 0 Å². The van der Waals surface area contributed by atoms with E-state index in [-0.39, 0.29) is 11.2 Å². The SMILES string of the molecule is CC1(C)OB(c2cccc(Nc3ccccc3)n2)OC1(C)C. The lowest BCUT2D eigenvalue weighted by Gasteiger charge is -2.32. The fraction of sp³-hybridized carbons (Fsp3) is 0.353. The zero-order valence-electron chi connectivity index (χ0n) is 13.5. The van der Waals surface area contributed by atoms with Crippen LogP contribution in [0.5, 0.6) is 0 Å². The van der Waals surface area contributed by atoms with Crippen LogP contribution in [0.3, 0.4) is 0 Å². The lowest BCUT2D eigenvalue weighted by atomic mass is 9.84. The summed E-state index contributed by atoms with van der Waals surface area (Å²) in [7, 11) is -0.442. The quantitative estimate of drug-likeness (QED) is 0.884. The maximum Gasteiger partial charge on any atom is 0.514 e. The summed E-state index contributed by atoms with van der Waals surface area (Å²) >= 11 is 0. The molecule has 22 heavy (non-hydrogen) atoms. The van der Waals surface area contributed by atoms with Gasteiger partial charge in [0.05, 0.1) is 16.8 Å². The average Bonchev–Trinajstić information content (AvgIpc) is 2.69. The molecule has 1 aliphatic rings. The highest BCUT2D eigenvalue weighted by molar-refractivity contribution is 6.61. The Morgan fingerprint density at radius 2 is 1.50 bits per heavy atom. The van der Waals surface area contributed by atoms with Gasteiger partial charge in [-0.15, -0.1) is 0 Å². The average molecular weight is 296 g/mol. The smallest absolute Gasteiger partial charge is 0.398 e. The minimum Gasteiger partial charge on any atom is -0.398 e. The van der Waals surface area contributed by atoms with Crippen LogP contribution in [-0.4, -0.2) is 23.3 Å². The van der Waals surface area contributed by atoms with Crippen molar-refractivity contribution in [3.8, 4) is 0 Å². The topological polar surface area (TPSA) is 43.4 Å². The van der Waals surface area contributed by atoms with Gasteiger partial charge < -0.3 is 14.6 Å². The molecule has 1 N–H and O–H groups in total. The Balaban J connectivity index is 1.81. The monoisotopic (exact) mass is 296 g/mol. The highest BCUT2D eigenvalue weighted by atomic mass is 16.7. The Morgan fingerprint density at radius 1 is 0.864 bits per heavy atom. The van der Waals surface area contributed by atoms with E-state index in [1.165, 1.54) is 0 Å². The molecule has 0 bridgehead atoms. The minimum absolute atomic E-state index is 0.359. The third-order valence-electron chi connectivity index (χ3n) is 4.31. The largest absolute Gasteiger partial charge is 0.514 e. The summed E-state index contributed by atoms with van der Waals surface area (Å²) in [5.41, 5.74) is 1.06. The summed E-state index contributed by atoms with van der Waals surface area (Å²) in [6, 6.07) is 15.8. The molecule has 0 unspecified atom stereocenters. The minimum atomic E-state index is -0.442. The Kier molecular flexibility index (Phi) is 3.71. The van der Waals surface area contributed by atoms with Gasteiger partial charge in [-0.2, -0.15) is 0 Å². The van der Waals surface area contributed by atoms with E-state index in [1.807, 2.05) is 76.2 Å². The van der Waals surface area contributed by atoms with Crippen molar-refractivity contribution in [3.05, 3.63) is 48.5 Å². The molecule has 2 aromatic rings. The van der Waals surface area contributed by atoms with Crippen molar-refractivity contribution >= 4 is 24.2 Å². The third-order valence-corrected chi connectivity index (χ3v) is 4.31. The van der Waals surface area contributed by atoms with Gasteiger partial charge in [0, 0.05) is 5.69 Å². The van der Waals surface area contributed by atoms with Gasteiger partial charge in [-0.3, -0.25) is 0 Å². The van der Waals surface area contributed by atoms with Crippen LogP contribution in [-0.2, 0) is 9.31 Å². The number of benzene rings is 1. The molecular weight excluding hydrogens is 275 g/mol. The Morgan fingerprint density at radius 3 is 2.14 bits per heavy atom. The lowest BCUT2D eigenvalue weighted by Crippen LogP contribution is -2.41. The molecule has 2 heterocycles. The molecule has 0 radical (unpaired) electrons. The van der Waals surface area contributed by atoms with Crippen LogP contribution in [0.2, 0.25) is 0 Å². The van der Waals surface area contributed by atoms with Crippen LogP contribution >= 0.6 is 0 Å². The van der Waals surface area contributed by atoms with E-state index in [1.54, 1.807) is 0 Å². The molecule has 3 rings (SSSR count). The second kappa shape index (κ2) is 5.41. The summed E-state index contributed by atoms with van der Waals surface area (Å²) in [6.45, 7) is 8.16. The first-order valence-electron chi connectivity index (χ1n) is 7.52. The first kappa shape index (κ1) is 15.1. The first-order chi connectivity index (χ1) is 10.4. The first-order valence-corrected chi connectivity index (χ1v) is 7.52. The molecule has 1 saturated heterocycles. The van der Waals surface area contributed by atoms with Crippen LogP contribution in [0.4, 0.5) is 11.5 Å². The van der Waals surface area contributed by atoms with E-state index in [0.717, 1.165) is 17.1 Å². The van der Waals surface area contributed by atoms with E-state index in [9.17, 15) is 0 Å². The molecular formula is C17H21BN2O2. The summed E-state index contributed by atoms with van der Waals surface area (Å²) < 4.78 is 12.1. The number of nitrogens with one attached hydrogen (secondary N) is 1. The van der Waals surface area contributed by atoms with Crippen LogP contribution < -0.4 is 10.9 Å². The van der Waals surface area contributed by atoms with Crippen molar-refractivity contribution in [3.63, 3.8) is 0 Å². The van der Waals surface area contributed by atoms with Gasteiger partial charge in [0.1, 0.15) is 5.82 Å². The van der Waals surface area contributed by atoms with E-state index in [2.05, 4.69) is 10.3 Å². The Labute approximate surface area is 132 Å². The maximum absolute atomic E-state index is 6.04. The van der Waals surface area contributed by atoms with Gasteiger partial charge in [0.15, 0.2) is 0 Å². The molecule has 1 fully saturated rings. The highest BCUT2D eigenvalue weighted by Crippen LogP contribution is 2.36. The predicted octanol–water partition coefficient (Wildman–Crippen LogP) is 3.12. The Bertz CT molecular complexity index is 643. The zero-order chi connectivity index (χ0) is 15.8. The summed E-state index contributed by atoms with van der Waals surface area (Å²) in [5.74, 6) is 0.776. The van der Waals surface area contributed by atoms with Crippen LogP contribution in [0.1, 0.15) is 27.7 Å². The number of aromatic nitrogens is 1. The van der Waals surface area contributed by atoms with E-state index in [0.29, 0.717) is 0 Å². The van der Waals surface area contributed by atoms with Gasteiger partial charge >= 0.3 is 7.12 Å². The molecule has 5 heteroatoms. The molecule has 0 saturated carbocycles. The number of hydrogen-bond acceptors (Lipinski definition) is 4. The molecule has 1 aromatic heterocycles. The number of rotatable bonds is 3. The molecule has 0 aliphatic carbocycles. The number of pyridine rings is 1. The van der Waals surface area contributed by atoms with E-state index in [4.69, 9.17) is 9.31 Å². The fourth-order valence-electron chi connectivity index (χ4n) is 2.29. The number of nitrogens with zero attached hydrogens (tertiary/aromatic N) is 1. The van der Waals surface area contributed by atoms with Crippen molar-refractivity contribution in [1.29, 1.82) is 0 Å². The molecule has 0 atom stereocenters. The van der Waals surface area contributed by atoms with Crippen LogP contribution in [0.25, 0.3) is 0 Å². The van der Waals surface area contributed by atoms with Crippen molar-refractivity contribution < 1.29 is 9.31 Å². The van der Waals surface area contributed by atoms with Gasteiger partial charge in [-0.05, 0) is 52.0 Å². The van der Waals surface area contributed by atoms with Crippen molar-refractivity contribution in [2.24, 2.45) is 0 Å². The van der Waals surface area contributed by atoms with Gasteiger partial charge in [-0.25, -0.2) is 4.98 Å². The number of hydrogen-bond donors (Lipinski definition) is 1. The molecule has 1 aliphatic heterocycles. The second-order valence-corrected chi connectivity index (χ2v) is 6.53. The lowest BCUT2D eigenvalue weighted by molar-refractivity contribution is 0.00578. The second-order valence-electron chi connectivity index (χ2n) is 6.53. The highest BCUT2D eigenvalue weighted by Gasteiger charge is 2.52. The van der Waals surface area contributed by atoms with Crippen molar-refractivity contribution in [2.75, 3.05) is 5.32 Å². The normalized spacial score (nSPS) is 19.2. The summed E-state index contributed by atoms with van der Waals surface area (Å²) in [4.78, 5) is 4.62. The fourth-order valence-corrected chi connectivity index (χ4v) is 2.29. The summed E-state index contributed by atoms with van der Waals surface area (Å²) in [6.07, 6.45) is 0. The summed E-state index contributed by atoms with van der Waals surface area (Å²) in [5, 5.41) is 3.29. The number of para-hydroxylation sites is 1. The number of anilines is 2. The van der Waals surface area contributed by atoms with Gasteiger partial charge in [0.25, 0.3) is 0 Å². The Hall–Kier alpha value is -1.85. The van der Waals surface area contributed by atoms with Crippen molar-refractivity contribution in [2.45, 2.75) is 38.9 Å². The van der Waals surface area contributed by atoms with Crippen molar-refractivity contribution in [1.82, 2.24) is 4.98 Å². The van der Waals surface area contributed by atoms with E-state index < -0.39 is 7.12 Å². The van der Waals surface area contributed by atoms with Crippen LogP contribution in [0, 0.1) is 0 Å². The van der Waals surface area contributed by atoms with Gasteiger partial charge in [-0.1, -0.05) is 24.3 Å². The standard InChI is InChI=1S/C17H21BN2O2/c1-16(2)17(3,4)22-18(21-16)14-11-8-12-15(20-14)19-13-9-6-5-7-10-13/h5-12H,1-4H3,(H,19,20). The molecule has 114 valence electrons. The predicted molar refractivity (Wildman–Crippen MR) is 89.7 cm³/mol. The molecule has 0 spiro atoms. The van der Waals surface area contributed by atoms with Crippen LogP contribution in [0.15, 0.2) is 48.5 Å². The van der Waals surface area contributed by atoms with Gasteiger partial charge in [0.2, 0.25) is 0 Å².